The molecule has 3 nitrogen and oxygen atoms in total. The van der Waals surface area contributed by atoms with E-state index >= 15 is 0 Å². The molecule has 0 bridgehead atoms. The van der Waals surface area contributed by atoms with Gasteiger partial charge in [-0.15, -0.1) is 11.3 Å². The summed E-state index contributed by atoms with van der Waals surface area (Å²) in [4.78, 5) is 11.6. The van der Waals surface area contributed by atoms with Gasteiger partial charge in [-0.3, -0.25) is 4.79 Å². The van der Waals surface area contributed by atoms with Crippen LogP contribution in [0.4, 0.5) is 0 Å². The van der Waals surface area contributed by atoms with E-state index in [4.69, 9.17) is 10.5 Å². The highest BCUT2D eigenvalue weighted by atomic mass is 32.1. The van der Waals surface area contributed by atoms with E-state index < -0.39 is 5.91 Å². The monoisotopic (exact) mass is 247 g/mol. The molecule has 17 heavy (non-hydrogen) atoms. The second kappa shape index (κ2) is 5.50. The number of amides is 1. The predicted molar refractivity (Wildman–Crippen MR) is 68.5 cm³/mol. The Hall–Kier alpha value is -1.81. The van der Waals surface area contributed by atoms with E-state index in [1.54, 1.807) is 11.4 Å². The molecule has 1 heterocycles. The molecule has 0 saturated heterocycles. The first-order valence-corrected chi connectivity index (χ1v) is 6.19. The molecule has 0 radical (unpaired) electrons. The van der Waals surface area contributed by atoms with Crippen LogP contribution < -0.4 is 10.5 Å². The summed E-state index contributed by atoms with van der Waals surface area (Å²) in [6.45, 7) is 0.543. The number of benzene rings is 1. The first kappa shape index (κ1) is 11.7. The Balaban J connectivity index is 1.90. The van der Waals surface area contributed by atoms with E-state index in [-0.39, 0.29) is 0 Å². The number of hydrogen-bond acceptors (Lipinski definition) is 3. The number of thiophene rings is 1. The summed E-state index contributed by atoms with van der Waals surface area (Å²) in [6.07, 6.45) is 0.814. The lowest BCUT2D eigenvalue weighted by atomic mass is 10.2. The number of ether oxygens (including phenoxy) is 1. The number of nitrogens with two attached hydrogens (primary N) is 1. The van der Waals surface area contributed by atoms with Crippen molar-refractivity contribution in [2.75, 3.05) is 6.61 Å². The van der Waals surface area contributed by atoms with Gasteiger partial charge in [-0.25, -0.2) is 0 Å². The van der Waals surface area contributed by atoms with E-state index in [9.17, 15) is 4.79 Å². The van der Waals surface area contributed by atoms with Gasteiger partial charge in [0.2, 0.25) is 0 Å². The van der Waals surface area contributed by atoms with Gasteiger partial charge in [0.05, 0.1) is 6.61 Å². The quantitative estimate of drug-likeness (QED) is 0.882. The summed E-state index contributed by atoms with van der Waals surface area (Å²) in [5, 5.41) is 1.80. The minimum atomic E-state index is -0.435. The van der Waals surface area contributed by atoms with Gasteiger partial charge >= 0.3 is 0 Å². The minimum absolute atomic E-state index is 0.435. The maximum Gasteiger partial charge on any atom is 0.262 e. The van der Waals surface area contributed by atoms with Gasteiger partial charge in [-0.05, 0) is 17.0 Å². The van der Waals surface area contributed by atoms with E-state index in [1.807, 2.05) is 30.3 Å². The second-order valence-electron chi connectivity index (χ2n) is 3.56. The molecular formula is C13H13NO2S. The van der Waals surface area contributed by atoms with Gasteiger partial charge in [0, 0.05) is 6.42 Å². The van der Waals surface area contributed by atoms with Crippen LogP contribution in [0.15, 0.2) is 41.8 Å². The van der Waals surface area contributed by atoms with Gasteiger partial charge in [0.1, 0.15) is 10.6 Å². The number of rotatable bonds is 5. The van der Waals surface area contributed by atoms with Crippen molar-refractivity contribution in [3.63, 3.8) is 0 Å². The standard InChI is InChI=1S/C13H13NO2S/c14-13(15)12-11(7-9-17-12)16-8-6-10-4-2-1-3-5-10/h1-5,7,9H,6,8H2,(H2,14,15). The first-order chi connectivity index (χ1) is 8.27. The highest BCUT2D eigenvalue weighted by Gasteiger charge is 2.10. The molecule has 4 heteroatoms. The van der Waals surface area contributed by atoms with Crippen molar-refractivity contribution >= 4 is 17.2 Å². The van der Waals surface area contributed by atoms with Crippen LogP contribution in [-0.4, -0.2) is 12.5 Å². The van der Waals surface area contributed by atoms with Gasteiger partial charge in [0.15, 0.2) is 0 Å². The van der Waals surface area contributed by atoms with E-state index in [0.717, 1.165) is 6.42 Å². The predicted octanol–water partition coefficient (Wildman–Crippen LogP) is 2.47. The van der Waals surface area contributed by atoms with Crippen LogP contribution in [0.3, 0.4) is 0 Å². The average molecular weight is 247 g/mol. The Morgan fingerprint density at radius 3 is 2.71 bits per heavy atom. The molecule has 0 unspecified atom stereocenters. The van der Waals surface area contributed by atoms with Gasteiger partial charge in [-0.2, -0.15) is 0 Å². The molecule has 0 saturated carbocycles. The van der Waals surface area contributed by atoms with Crippen LogP contribution >= 0.6 is 11.3 Å². The lowest BCUT2D eigenvalue weighted by molar-refractivity contribution is 0.100. The zero-order valence-electron chi connectivity index (χ0n) is 9.26. The molecule has 2 N–H and O–H groups in total. The average Bonchev–Trinajstić information content (AvgIpc) is 2.79. The molecular weight excluding hydrogens is 234 g/mol. The van der Waals surface area contributed by atoms with Crippen LogP contribution in [0.2, 0.25) is 0 Å². The molecule has 0 atom stereocenters. The maximum absolute atomic E-state index is 11.1. The highest BCUT2D eigenvalue weighted by Crippen LogP contribution is 2.24. The fourth-order valence-electron chi connectivity index (χ4n) is 1.51. The zero-order chi connectivity index (χ0) is 12.1. The number of primary amides is 1. The summed E-state index contributed by atoms with van der Waals surface area (Å²) < 4.78 is 5.55. The van der Waals surface area contributed by atoms with E-state index in [0.29, 0.717) is 17.2 Å². The van der Waals surface area contributed by atoms with E-state index in [1.165, 1.54) is 16.9 Å². The van der Waals surface area contributed by atoms with Crippen molar-refractivity contribution in [1.82, 2.24) is 0 Å². The number of hydrogen-bond donors (Lipinski definition) is 1. The molecule has 0 aliphatic carbocycles. The first-order valence-electron chi connectivity index (χ1n) is 5.31. The Labute approximate surface area is 104 Å². The fourth-order valence-corrected chi connectivity index (χ4v) is 2.20. The molecule has 1 aromatic heterocycles. The van der Waals surface area contributed by atoms with Gasteiger partial charge in [-0.1, -0.05) is 30.3 Å². The molecule has 0 fully saturated rings. The van der Waals surface area contributed by atoms with Crippen LogP contribution in [0.1, 0.15) is 15.2 Å². The minimum Gasteiger partial charge on any atom is -0.492 e. The molecule has 2 rings (SSSR count). The third kappa shape index (κ3) is 3.07. The second-order valence-corrected chi connectivity index (χ2v) is 4.48. The van der Waals surface area contributed by atoms with Crippen molar-refractivity contribution in [2.24, 2.45) is 5.73 Å². The molecule has 0 spiro atoms. The Morgan fingerprint density at radius 2 is 2.00 bits per heavy atom. The van der Waals surface area contributed by atoms with Crippen LogP contribution in [0.5, 0.6) is 5.75 Å². The van der Waals surface area contributed by atoms with Crippen molar-refractivity contribution in [3.05, 3.63) is 52.2 Å². The summed E-state index contributed by atoms with van der Waals surface area (Å²) in [7, 11) is 0. The summed E-state index contributed by atoms with van der Waals surface area (Å²) in [5.41, 5.74) is 6.44. The maximum atomic E-state index is 11.1. The van der Waals surface area contributed by atoms with Gasteiger partial charge in [0.25, 0.3) is 5.91 Å². The summed E-state index contributed by atoms with van der Waals surface area (Å²) >= 11 is 1.30. The molecule has 2 aromatic rings. The molecule has 1 aromatic carbocycles. The third-order valence-electron chi connectivity index (χ3n) is 2.34. The van der Waals surface area contributed by atoms with Crippen LogP contribution in [-0.2, 0) is 6.42 Å². The number of carbonyl (C=O) groups excluding carboxylic acids is 1. The van der Waals surface area contributed by atoms with Crippen molar-refractivity contribution < 1.29 is 9.53 Å². The zero-order valence-corrected chi connectivity index (χ0v) is 10.1. The van der Waals surface area contributed by atoms with Crippen LogP contribution in [0, 0.1) is 0 Å². The molecule has 1 amide bonds. The van der Waals surface area contributed by atoms with Crippen LogP contribution in [0.25, 0.3) is 0 Å². The van der Waals surface area contributed by atoms with Crippen molar-refractivity contribution in [3.8, 4) is 5.75 Å². The SMILES string of the molecule is NC(=O)c1sccc1OCCc1ccccc1. The molecule has 0 aliphatic rings. The normalized spacial score (nSPS) is 10.1. The molecule has 88 valence electrons. The fraction of sp³-hybridized carbons (Fsp3) is 0.154. The lowest BCUT2D eigenvalue weighted by Crippen LogP contribution is -2.11. The third-order valence-corrected chi connectivity index (χ3v) is 3.25. The topological polar surface area (TPSA) is 52.3 Å². The highest BCUT2D eigenvalue weighted by molar-refractivity contribution is 7.12. The Kier molecular flexibility index (Phi) is 3.77. The van der Waals surface area contributed by atoms with E-state index in [2.05, 4.69) is 0 Å². The Bertz CT molecular complexity index is 493. The van der Waals surface area contributed by atoms with Gasteiger partial charge < -0.3 is 10.5 Å². The van der Waals surface area contributed by atoms with Crippen molar-refractivity contribution in [1.29, 1.82) is 0 Å². The smallest absolute Gasteiger partial charge is 0.262 e. The largest absolute Gasteiger partial charge is 0.492 e. The Morgan fingerprint density at radius 1 is 1.24 bits per heavy atom. The molecule has 0 aliphatic heterocycles. The summed E-state index contributed by atoms with van der Waals surface area (Å²) in [6, 6.07) is 11.8. The van der Waals surface area contributed by atoms with Crippen molar-refractivity contribution in [2.45, 2.75) is 6.42 Å². The lowest BCUT2D eigenvalue weighted by Gasteiger charge is -2.05. The summed E-state index contributed by atoms with van der Waals surface area (Å²) in [5.74, 6) is 0.146. The number of carbonyl (C=O) groups is 1.